The van der Waals surface area contributed by atoms with Crippen LogP contribution < -0.4 is 31.1 Å². The molecular weight excluding hydrogens is 876 g/mol. The molecule has 11 aromatic rings. The molecule has 0 atom stereocenters. The minimum Gasteiger partial charge on any atom is -0.454 e. The van der Waals surface area contributed by atoms with Gasteiger partial charge >= 0.3 is 0 Å². The van der Waals surface area contributed by atoms with Crippen molar-refractivity contribution in [3.05, 3.63) is 198 Å². The van der Waals surface area contributed by atoms with E-state index >= 15 is 0 Å². The lowest BCUT2D eigenvalue weighted by molar-refractivity contribution is 0.590. The Morgan fingerprint density at radius 3 is 1.67 bits per heavy atom. The standard InChI is InChI=1S/C66H57BN4O/c1-64(2,3)40-27-31-43(32-28-40)68(44-33-29-41(30-34-44)65(4,5)6)45-35-36-50-56(39-45)69(55-25-15-20-49-47-18-11-13-26-59(47)72-63(49)55)57-37-42(66(7,8)9)38-58-60(57)67(50)51-21-16-24-54-62(51)71(58)53-23-14-19-48-46-17-10-12-22-52(46)70(54)61(48)53/h10-39H,1-9H3/i10D,11D,12D,13D,14D,15D,16D,17D,18D,19D,20D,21D,22D,23D,24D,25D,26D,27D,28D,29D,30D,31D,32D,33D,34D,35D,36D,37D,38D,39D. The number of rotatable bonds is 4. The summed E-state index contributed by atoms with van der Waals surface area (Å²) < 4.78 is 301. The van der Waals surface area contributed by atoms with Crippen LogP contribution in [0, 0.1) is 0 Å². The van der Waals surface area contributed by atoms with E-state index in [0.717, 1.165) is 9.47 Å². The van der Waals surface area contributed by atoms with E-state index in [9.17, 15) is 34.3 Å². The van der Waals surface area contributed by atoms with Gasteiger partial charge in [0, 0.05) is 55.7 Å². The topological polar surface area (TPSA) is 27.8 Å². The van der Waals surface area contributed by atoms with E-state index in [1.165, 1.54) is 4.90 Å². The third kappa shape index (κ3) is 6.08. The molecule has 14 rings (SSSR count). The quantitative estimate of drug-likeness (QED) is 0.164. The minimum absolute atomic E-state index is 0.150. The zero-order valence-corrected chi connectivity index (χ0v) is 40.3. The Balaban J connectivity index is 1.30. The highest BCUT2D eigenvalue weighted by molar-refractivity contribution is 7.00. The predicted octanol–water partition coefficient (Wildman–Crippen LogP) is 16.4. The second kappa shape index (κ2) is 14.8. The first-order chi connectivity index (χ1) is 47.2. The zero-order chi connectivity index (χ0) is 75.3. The molecule has 0 aliphatic carbocycles. The summed E-state index contributed by atoms with van der Waals surface area (Å²) in [6, 6.07) is -25.3. The van der Waals surface area contributed by atoms with E-state index in [4.69, 9.17) is 11.3 Å². The van der Waals surface area contributed by atoms with Crippen molar-refractivity contribution in [3.8, 4) is 5.69 Å². The Labute approximate surface area is 464 Å². The first-order valence-corrected chi connectivity index (χ1v) is 23.2. The predicted molar refractivity (Wildman–Crippen MR) is 306 cm³/mol. The first-order valence-electron chi connectivity index (χ1n) is 38.2. The van der Waals surface area contributed by atoms with Gasteiger partial charge in [-0.05, 0) is 128 Å². The summed E-state index contributed by atoms with van der Waals surface area (Å²) in [5.74, 6) is 0. The number of furan rings is 1. The van der Waals surface area contributed by atoms with E-state index in [0.29, 0.717) is 4.90 Å². The van der Waals surface area contributed by atoms with Crippen molar-refractivity contribution in [2.45, 2.75) is 78.6 Å². The Kier molecular flexibility index (Phi) is 4.57. The number of benzene rings is 9. The average molecular weight is 963 g/mol. The van der Waals surface area contributed by atoms with E-state index in [1.54, 1.807) is 62.3 Å². The first kappa shape index (κ1) is 22.2. The molecule has 0 N–H and O–H groups in total. The average Bonchev–Trinajstić information content (AvgIpc) is 1.15. The second-order valence-corrected chi connectivity index (χ2v) is 21.1. The van der Waals surface area contributed by atoms with E-state index in [-0.39, 0.29) is 33.0 Å². The van der Waals surface area contributed by atoms with Gasteiger partial charge < -0.3 is 23.7 Å². The van der Waals surface area contributed by atoms with Crippen LogP contribution >= 0.6 is 0 Å². The van der Waals surface area contributed by atoms with Gasteiger partial charge in [-0.25, -0.2) is 0 Å². The smallest absolute Gasteiger partial charge is 0.252 e. The number of anilines is 9. The molecule has 0 radical (unpaired) electrons. The Bertz CT molecular complexity index is 5740. The molecule has 5 nitrogen and oxygen atoms in total. The van der Waals surface area contributed by atoms with Crippen LogP contribution in [0.1, 0.15) is 120 Å². The fourth-order valence-electron chi connectivity index (χ4n) is 9.85. The number of aromatic nitrogens is 1. The summed E-state index contributed by atoms with van der Waals surface area (Å²) in [5, 5.41) is -1.76. The lowest BCUT2D eigenvalue weighted by Crippen LogP contribution is -2.62. The van der Waals surface area contributed by atoms with Crippen LogP contribution in [0.5, 0.6) is 0 Å². The van der Waals surface area contributed by atoms with Crippen LogP contribution in [0.15, 0.2) is 186 Å². The molecule has 0 fully saturated rings. The summed E-state index contributed by atoms with van der Waals surface area (Å²) in [4.78, 5) is 2.71. The molecule has 350 valence electrons. The van der Waals surface area contributed by atoms with Crippen LogP contribution in [0.3, 0.4) is 0 Å². The molecule has 0 bridgehead atoms. The fraction of sp³-hybridized carbons (Fsp3) is 0.182. The molecule has 3 aliphatic heterocycles. The lowest BCUT2D eigenvalue weighted by Gasteiger charge is -2.47. The van der Waals surface area contributed by atoms with Gasteiger partial charge in [0.15, 0.2) is 5.58 Å². The lowest BCUT2D eigenvalue weighted by atomic mass is 9.33. The highest BCUT2D eigenvalue weighted by atomic mass is 16.3. The Hall–Kier alpha value is -7.96. The van der Waals surface area contributed by atoms with Crippen LogP contribution in [-0.4, -0.2) is 11.3 Å². The molecule has 9 aromatic carbocycles. The van der Waals surface area contributed by atoms with E-state index in [1.807, 2.05) is 0 Å². The number of fused-ring (bicyclic) bond motifs is 12. The van der Waals surface area contributed by atoms with Gasteiger partial charge in [0.1, 0.15) is 5.58 Å². The van der Waals surface area contributed by atoms with Crippen molar-refractivity contribution < 1.29 is 45.5 Å². The van der Waals surface area contributed by atoms with Gasteiger partial charge in [0.2, 0.25) is 0 Å². The number of hydrogen-bond acceptors (Lipinski definition) is 4. The van der Waals surface area contributed by atoms with Crippen molar-refractivity contribution in [1.82, 2.24) is 4.57 Å². The molecule has 5 heterocycles. The summed E-state index contributed by atoms with van der Waals surface area (Å²) in [5.41, 5.74) is -14.6. The molecule has 3 aliphatic rings. The normalized spacial score (nSPS) is 19.7. The molecule has 0 amide bonds. The maximum absolute atomic E-state index is 11.2. The maximum atomic E-state index is 11.2. The molecule has 0 saturated carbocycles. The van der Waals surface area contributed by atoms with Crippen molar-refractivity contribution in [3.63, 3.8) is 0 Å². The zero-order valence-electron chi connectivity index (χ0n) is 70.3. The molecule has 6 heteroatoms. The monoisotopic (exact) mass is 963 g/mol. The number of nitrogens with zero attached hydrogens (tertiary/aromatic N) is 4. The van der Waals surface area contributed by atoms with Gasteiger partial charge in [-0.15, -0.1) is 0 Å². The van der Waals surface area contributed by atoms with Crippen LogP contribution in [0.25, 0.3) is 49.4 Å². The van der Waals surface area contributed by atoms with Gasteiger partial charge in [0.05, 0.1) is 74.9 Å². The Morgan fingerprint density at radius 1 is 0.431 bits per heavy atom. The van der Waals surface area contributed by atoms with E-state index in [2.05, 4.69) is 0 Å². The summed E-state index contributed by atoms with van der Waals surface area (Å²) in [6.07, 6.45) is 0. The minimum atomic E-state index is -2.06. The summed E-state index contributed by atoms with van der Waals surface area (Å²) >= 11 is 0. The van der Waals surface area contributed by atoms with Crippen LogP contribution in [0.2, 0.25) is 0 Å². The van der Waals surface area contributed by atoms with Crippen molar-refractivity contribution in [2.75, 3.05) is 14.7 Å². The van der Waals surface area contributed by atoms with Gasteiger partial charge in [-0.2, -0.15) is 0 Å². The van der Waals surface area contributed by atoms with Crippen molar-refractivity contribution in [2.24, 2.45) is 0 Å². The van der Waals surface area contributed by atoms with Gasteiger partial charge in [0.25, 0.3) is 6.71 Å². The second-order valence-electron chi connectivity index (χ2n) is 21.1. The maximum Gasteiger partial charge on any atom is 0.252 e. The van der Waals surface area contributed by atoms with Gasteiger partial charge in [-0.1, -0.05) is 165 Å². The molecule has 0 saturated heterocycles. The third-order valence-electron chi connectivity index (χ3n) is 13.3. The van der Waals surface area contributed by atoms with Crippen LogP contribution in [0.4, 0.5) is 51.2 Å². The largest absolute Gasteiger partial charge is 0.454 e. The molecule has 0 unspecified atom stereocenters. The fourth-order valence-corrected chi connectivity index (χ4v) is 9.85. The molecule has 72 heavy (non-hydrogen) atoms. The number of hydrogen-bond donors (Lipinski definition) is 0. The SMILES string of the molecule is [2H]c1c([2H])c2c3c(c1[2H])-n1c4c([2H])c([2H])c([2H])c([2H])c4c4c([2H])c([2H])c([2H])c(c41)N3c1c([2H])c(C(C)(C)C)c([2H])c3c1B2c1c([2H])c([2H])c(N(c2c([2H])c([2H])c(C(C)(C)C)c([2H])c2[2H])c2c([2H])c([2H])c(C(C)(C)C)c([2H])c2[2H])c([2H])c1N3c1c([2H])c([2H])c([2H])c2c1oc1c([2H])c([2H])c([2H])c([2H])c12. The molecule has 0 spiro atoms. The van der Waals surface area contributed by atoms with Gasteiger partial charge in [-0.3, -0.25) is 0 Å². The highest BCUT2D eigenvalue weighted by Crippen LogP contribution is 2.54. The van der Waals surface area contributed by atoms with Crippen molar-refractivity contribution >= 4 is 118 Å². The van der Waals surface area contributed by atoms with Crippen LogP contribution in [-0.2, 0) is 16.2 Å². The molecular formula is C66H57BN4O. The number of para-hydroxylation sites is 5. The van der Waals surface area contributed by atoms with Crippen molar-refractivity contribution in [1.29, 1.82) is 0 Å². The summed E-state index contributed by atoms with van der Waals surface area (Å²) in [6.45, 7) is 12.4. The highest BCUT2D eigenvalue weighted by Gasteiger charge is 2.47. The Morgan fingerprint density at radius 2 is 0.986 bits per heavy atom. The van der Waals surface area contributed by atoms with E-state index < -0.39 is 305 Å². The molecule has 2 aromatic heterocycles. The summed E-state index contributed by atoms with van der Waals surface area (Å²) in [7, 11) is 0. The third-order valence-corrected chi connectivity index (χ3v) is 13.3.